The number of amides is 1. The molecule has 0 aliphatic carbocycles. The van der Waals surface area contributed by atoms with E-state index in [0.717, 1.165) is 16.7 Å². The van der Waals surface area contributed by atoms with Gasteiger partial charge in [0.1, 0.15) is 17.7 Å². The molecular weight excluding hydrogens is 654 g/mol. The molecule has 0 bridgehead atoms. The number of carboxylic acids is 1. The highest BCUT2D eigenvalue weighted by Crippen LogP contribution is 2.23. The molecule has 1 amide bonds. The molecule has 5 aromatic rings. The zero-order chi connectivity index (χ0) is 34.9. The number of Topliss-reactive ketones (excluding diaryl/α,β-unsaturated/α-hetero) is 1. The number of nitrogens with one attached hydrogen (secondary N) is 2. The number of anilines is 1. The summed E-state index contributed by atoms with van der Waals surface area (Å²) < 4.78 is 59.2. The summed E-state index contributed by atoms with van der Waals surface area (Å²) >= 11 is 0. The molecule has 0 saturated carbocycles. The molecule has 17 heteroatoms. The van der Waals surface area contributed by atoms with Gasteiger partial charge in [0, 0.05) is 37.0 Å². The Hall–Kier alpha value is -6.10. The van der Waals surface area contributed by atoms with Gasteiger partial charge in [-0.15, -0.1) is 0 Å². The number of pyridine rings is 2. The molecule has 246 valence electrons. The molecule has 0 spiro atoms. The quantitative estimate of drug-likeness (QED) is 0.184. The van der Waals surface area contributed by atoms with Crippen LogP contribution < -0.4 is 21.3 Å². The van der Waals surface area contributed by atoms with Crippen LogP contribution in [-0.4, -0.2) is 56.3 Å². The Labute approximate surface area is 269 Å². The number of benzene rings is 2. The van der Waals surface area contributed by atoms with Gasteiger partial charge in [-0.3, -0.25) is 33.6 Å². The number of carbonyl (C=O) groups is 3. The van der Waals surface area contributed by atoms with E-state index in [-0.39, 0.29) is 33.0 Å². The van der Waals surface area contributed by atoms with E-state index in [1.165, 1.54) is 67.5 Å². The van der Waals surface area contributed by atoms with Crippen LogP contribution in [0.25, 0.3) is 16.6 Å². The van der Waals surface area contributed by atoms with Crippen molar-refractivity contribution in [3.8, 4) is 5.69 Å². The lowest BCUT2D eigenvalue weighted by molar-refractivity contribution is -0.139. The van der Waals surface area contributed by atoms with Crippen LogP contribution >= 0.6 is 0 Å². The van der Waals surface area contributed by atoms with E-state index in [2.05, 4.69) is 15.3 Å². The van der Waals surface area contributed by atoms with Gasteiger partial charge in [0.25, 0.3) is 21.5 Å². The molecule has 2 aromatic carbocycles. The first-order chi connectivity index (χ1) is 22.7. The van der Waals surface area contributed by atoms with Gasteiger partial charge in [-0.1, -0.05) is 12.1 Å². The zero-order valence-corrected chi connectivity index (χ0v) is 25.8. The van der Waals surface area contributed by atoms with Crippen molar-refractivity contribution >= 4 is 44.3 Å². The molecular formula is C31H24F2N6O8S. The lowest BCUT2D eigenvalue weighted by atomic mass is 10.1. The summed E-state index contributed by atoms with van der Waals surface area (Å²) in [5, 5.41) is 12.0. The second-order valence-corrected chi connectivity index (χ2v) is 12.1. The topological polar surface area (TPSA) is 199 Å². The summed E-state index contributed by atoms with van der Waals surface area (Å²) in [4.78, 5) is 69.8. The van der Waals surface area contributed by atoms with Gasteiger partial charge in [0.05, 0.1) is 45.1 Å². The fourth-order valence-corrected chi connectivity index (χ4v) is 5.77. The lowest BCUT2D eigenvalue weighted by Crippen LogP contribution is -2.42. The van der Waals surface area contributed by atoms with Crippen LogP contribution in [0, 0.1) is 11.6 Å². The molecule has 3 N–H and O–H groups in total. The lowest BCUT2D eigenvalue weighted by Gasteiger charge is -2.16. The van der Waals surface area contributed by atoms with Crippen molar-refractivity contribution in [3.63, 3.8) is 0 Å². The van der Waals surface area contributed by atoms with Crippen LogP contribution in [0.5, 0.6) is 0 Å². The number of rotatable bonds is 10. The number of carboxylic acid groups (broad SMARTS) is 1. The van der Waals surface area contributed by atoms with Crippen LogP contribution in [0.15, 0.2) is 87.7 Å². The maximum atomic E-state index is 15.0. The maximum absolute atomic E-state index is 15.0. The number of aliphatic carboxylic acids is 1. The van der Waals surface area contributed by atoms with Gasteiger partial charge in [-0.2, -0.15) is 0 Å². The average molecular weight is 679 g/mol. The van der Waals surface area contributed by atoms with E-state index in [1.807, 2.05) is 4.72 Å². The van der Waals surface area contributed by atoms with Crippen molar-refractivity contribution < 1.29 is 36.7 Å². The molecule has 48 heavy (non-hydrogen) atoms. The van der Waals surface area contributed by atoms with Gasteiger partial charge in [0.15, 0.2) is 5.78 Å². The van der Waals surface area contributed by atoms with Gasteiger partial charge < -0.3 is 10.4 Å². The Morgan fingerprint density at radius 3 is 2.31 bits per heavy atom. The van der Waals surface area contributed by atoms with Crippen LogP contribution in [0.1, 0.15) is 33.3 Å². The summed E-state index contributed by atoms with van der Waals surface area (Å²) in [5.74, 6) is -5.85. The predicted octanol–water partition coefficient (Wildman–Crippen LogP) is 2.19. The summed E-state index contributed by atoms with van der Waals surface area (Å²) in [6.07, 6.45) is 3.51. The molecule has 0 unspecified atom stereocenters. The van der Waals surface area contributed by atoms with Crippen molar-refractivity contribution in [1.29, 1.82) is 0 Å². The zero-order valence-electron chi connectivity index (χ0n) is 25.0. The Morgan fingerprint density at radius 2 is 1.69 bits per heavy atom. The first kappa shape index (κ1) is 33.3. The number of sulfonamides is 1. The fraction of sp³-hybridized carbons (Fsp3) is 0.129. The van der Waals surface area contributed by atoms with Crippen LogP contribution in [0.3, 0.4) is 0 Å². The van der Waals surface area contributed by atoms with Crippen LogP contribution in [0.4, 0.5) is 14.5 Å². The number of aromatic nitrogens is 4. The van der Waals surface area contributed by atoms with Gasteiger partial charge in [-0.05, 0) is 43.3 Å². The number of nitrogens with zero attached hydrogens (tertiary/aromatic N) is 4. The monoisotopic (exact) mass is 678 g/mol. The van der Waals surface area contributed by atoms with Gasteiger partial charge in [0.2, 0.25) is 0 Å². The average Bonchev–Trinajstić information content (AvgIpc) is 3.05. The number of hydrogen-bond donors (Lipinski definition) is 3. The number of aryl methyl sites for hydroxylation is 1. The normalized spacial score (nSPS) is 12.0. The molecule has 0 saturated heterocycles. The van der Waals surface area contributed by atoms with E-state index >= 15 is 0 Å². The highest BCUT2D eigenvalue weighted by molar-refractivity contribution is 7.92. The van der Waals surface area contributed by atoms with E-state index in [1.54, 1.807) is 0 Å². The minimum atomic E-state index is -4.42. The van der Waals surface area contributed by atoms with Crippen LogP contribution in [0.2, 0.25) is 0 Å². The second kappa shape index (κ2) is 13.0. The first-order valence-electron chi connectivity index (χ1n) is 13.9. The van der Waals surface area contributed by atoms with Crippen molar-refractivity contribution in [3.05, 3.63) is 122 Å². The molecule has 5 rings (SSSR count). The molecule has 3 aromatic heterocycles. The third-order valence-corrected chi connectivity index (χ3v) is 8.66. The molecule has 0 aliphatic rings. The van der Waals surface area contributed by atoms with E-state index in [4.69, 9.17) is 0 Å². The van der Waals surface area contributed by atoms with Gasteiger partial charge in [-0.25, -0.2) is 31.4 Å². The molecule has 14 nitrogen and oxygen atoms in total. The number of ketones is 1. The standard InChI is InChI=1S/C31H24F2N6O8S/c1-16(40)17-3-7-20(8-4-17)48(46,47)37-25-13-23(32)22(12-24(25)33)28(41)36-26(30(43)44)11-18-5-6-19(14-35-18)39-29(42)21-9-10-34-15-27(21)38(2)31(39)45/h3-10,12-15,26,37H,11H2,1-2H3,(H,36,41)(H,43,44)/t26-/m0/s1. The Kier molecular flexibility index (Phi) is 8.98. The third kappa shape index (κ3) is 6.57. The molecule has 0 aliphatic heterocycles. The smallest absolute Gasteiger partial charge is 0.335 e. The molecule has 3 heterocycles. The maximum Gasteiger partial charge on any atom is 0.335 e. The highest BCUT2D eigenvalue weighted by atomic mass is 32.2. The molecule has 0 radical (unpaired) electrons. The Balaban J connectivity index is 1.33. The van der Waals surface area contributed by atoms with Crippen LogP contribution in [-0.2, 0) is 28.3 Å². The summed E-state index contributed by atoms with van der Waals surface area (Å²) in [6.45, 7) is 1.28. The number of carbonyl (C=O) groups excluding carboxylic acids is 2. The largest absolute Gasteiger partial charge is 0.480 e. The van der Waals surface area contributed by atoms with E-state index < -0.39 is 68.5 Å². The Bertz CT molecular complexity index is 2340. The minimum absolute atomic E-state index is 0.0836. The van der Waals surface area contributed by atoms with E-state index in [0.29, 0.717) is 17.6 Å². The highest BCUT2D eigenvalue weighted by Gasteiger charge is 2.26. The minimum Gasteiger partial charge on any atom is -0.480 e. The summed E-state index contributed by atoms with van der Waals surface area (Å²) in [6, 6.07) is 7.99. The fourth-order valence-electron chi connectivity index (χ4n) is 4.71. The van der Waals surface area contributed by atoms with Crippen molar-refractivity contribution in [2.24, 2.45) is 7.05 Å². The SMILES string of the molecule is CC(=O)c1ccc(S(=O)(=O)Nc2cc(F)c(C(=O)N[C@@H](Cc3ccc(-n4c(=O)c5ccncc5n(C)c4=O)cn3)C(=O)O)cc2F)cc1. The number of halogens is 2. The van der Waals surface area contributed by atoms with Gasteiger partial charge >= 0.3 is 11.7 Å². The third-order valence-electron chi connectivity index (χ3n) is 7.27. The second-order valence-electron chi connectivity index (χ2n) is 10.4. The molecule has 0 fully saturated rings. The predicted molar refractivity (Wildman–Crippen MR) is 167 cm³/mol. The molecule has 1 atom stereocenters. The van der Waals surface area contributed by atoms with Crippen molar-refractivity contribution in [1.82, 2.24) is 24.4 Å². The van der Waals surface area contributed by atoms with Crippen molar-refractivity contribution in [2.75, 3.05) is 4.72 Å². The van der Waals surface area contributed by atoms with Crippen molar-refractivity contribution in [2.45, 2.75) is 24.3 Å². The first-order valence-corrected chi connectivity index (χ1v) is 15.3. The number of hydrogen-bond acceptors (Lipinski definition) is 9. The van der Waals surface area contributed by atoms with E-state index in [9.17, 15) is 46.3 Å². The Morgan fingerprint density at radius 1 is 0.979 bits per heavy atom. The number of fused-ring (bicyclic) bond motifs is 1. The summed E-state index contributed by atoms with van der Waals surface area (Å²) in [7, 11) is -2.96. The summed E-state index contributed by atoms with van der Waals surface area (Å²) in [5.41, 5.74) is -2.29.